The average Bonchev–Trinajstić information content (AvgIpc) is 3.34. The number of hydrogen-bond donors (Lipinski definition) is 0. The molecule has 1 aliphatic rings. The fourth-order valence-electron chi connectivity index (χ4n) is 2.54. The summed E-state index contributed by atoms with van der Waals surface area (Å²) >= 11 is 0. The van der Waals surface area contributed by atoms with Crippen molar-refractivity contribution in [2.75, 3.05) is 0 Å². The minimum absolute atomic E-state index is 0.111. The molecule has 0 aliphatic heterocycles. The van der Waals surface area contributed by atoms with Crippen molar-refractivity contribution in [1.82, 2.24) is 4.90 Å². The standard InChI is InChI=1S/C17H17FN2O2/c18-15-5-1-13(2-6-15)11-19(16-9-10-16)12-14-3-7-17(8-4-14)20(21)22/h1-8,16H,9-12H2. The number of nitro groups is 1. The van der Waals surface area contributed by atoms with Gasteiger partial charge in [0, 0.05) is 31.3 Å². The number of hydrogen-bond acceptors (Lipinski definition) is 3. The van der Waals surface area contributed by atoms with Gasteiger partial charge >= 0.3 is 0 Å². The average molecular weight is 300 g/mol. The SMILES string of the molecule is O=[N+]([O-])c1ccc(CN(Cc2ccc(F)cc2)C2CC2)cc1. The summed E-state index contributed by atoms with van der Waals surface area (Å²) in [5.41, 5.74) is 2.25. The zero-order valence-electron chi connectivity index (χ0n) is 12.1. The Morgan fingerprint density at radius 2 is 1.50 bits per heavy atom. The van der Waals surface area contributed by atoms with E-state index in [0.717, 1.165) is 24.2 Å². The van der Waals surface area contributed by atoms with Crippen molar-refractivity contribution in [3.8, 4) is 0 Å². The molecule has 1 fully saturated rings. The lowest BCUT2D eigenvalue weighted by molar-refractivity contribution is -0.384. The predicted octanol–water partition coefficient (Wildman–Crippen LogP) is 3.90. The van der Waals surface area contributed by atoms with E-state index in [4.69, 9.17) is 0 Å². The topological polar surface area (TPSA) is 46.4 Å². The van der Waals surface area contributed by atoms with Gasteiger partial charge in [-0.3, -0.25) is 15.0 Å². The Bertz CT molecular complexity index is 651. The van der Waals surface area contributed by atoms with Crippen LogP contribution in [0.25, 0.3) is 0 Å². The lowest BCUT2D eigenvalue weighted by Crippen LogP contribution is -2.25. The molecule has 0 amide bonds. The number of halogens is 1. The fourth-order valence-corrected chi connectivity index (χ4v) is 2.54. The molecule has 2 aromatic carbocycles. The van der Waals surface area contributed by atoms with Crippen molar-refractivity contribution in [2.45, 2.75) is 32.0 Å². The van der Waals surface area contributed by atoms with Gasteiger partial charge in [-0.1, -0.05) is 24.3 Å². The first-order valence-corrected chi connectivity index (χ1v) is 7.33. The van der Waals surface area contributed by atoms with Crippen LogP contribution in [0, 0.1) is 15.9 Å². The molecule has 3 rings (SSSR count). The number of benzene rings is 2. The van der Waals surface area contributed by atoms with Crippen LogP contribution in [0.3, 0.4) is 0 Å². The summed E-state index contributed by atoms with van der Waals surface area (Å²) in [7, 11) is 0. The second-order valence-corrected chi connectivity index (χ2v) is 5.69. The molecule has 0 N–H and O–H groups in total. The maximum atomic E-state index is 13.0. The van der Waals surface area contributed by atoms with Gasteiger partial charge in [-0.25, -0.2) is 4.39 Å². The van der Waals surface area contributed by atoms with Gasteiger partial charge in [0.2, 0.25) is 0 Å². The number of rotatable bonds is 6. The molecule has 0 unspecified atom stereocenters. The van der Waals surface area contributed by atoms with Gasteiger partial charge in [0.25, 0.3) is 5.69 Å². The molecule has 4 nitrogen and oxygen atoms in total. The maximum Gasteiger partial charge on any atom is 0.269 e. The Morgan fingerprint density at radius 3 is 1.95 bits per heavy atom. The van der Waals surface area contributed by atoms with E-state index in [1.807, 2.05) is 0 Å². The van der Waals surface area contributed by atoms with E-state index in [0.29, 0.717) is 6.04 Å². The molecule has 0 bridgehead atoms. The lowest BCUT2D eigenvalue weighted by Gasteiger charge is -2.22. The van der Waals surface area contributed by atoms with E-state index in [9.17, 15) is 14.5 Å². The van der Waals surface area contributed by atoms with E-state index in [1.165, 1.54) is 37.1 Å². The molecule has 0 spiro atoms. The minimum atomic E-state index is -0.388. The summed E-state index contributed by atoms with van der Waals surface area (Å²) in [5.74, 6) is -0.225. The third kappa shape index (κ3) is 3.68. The smallest absolute Gasteiger partial charge is 0.269 e. The summed E-state index contributed by atoms with van der Waals surface area (Å²) in [4.78, 5) is 12.6. The quantitative estimate of drug-likeness (QED) is 0.600. The van der Waals surface area contributed by atoms with E-state index in [2.05, 4.69) is 4.90 Å². The van der Waals surface area contributed by atoms with Crippen LogP contribution >= 0.6 is 0 Å². The molecule has 0 heterocycles. The van der Waals surface area contributed by atoms with Gasteiger partial charge < -0.3 is 0 Å². The van der Waals surface area contributed by atoms with Crippen molar-refractivity contribution in [2.24, 2.45) is 0 Å². The van der Waals surface area contributed by atoms with Gasteiger partial charge in [-0.15, -0.1) is 0 Å². The Labute approximate surface area is 128 Å². The first-order chi connectivity index (χ1) is 10.6. The van der Waals surface area contributed by atoms with Gasteiger partial charge in [0.05, 0.1) is 4.92 Å². The molecular formula is C17H17FN2O2. The van der Waals surface area contributed by atoms with Crippen molar-refractivity contribution >= 4 is 5.69 Å². The zero-order valence-corrected chi connectivity index (χ0v) is 12.1. The van der Waals surface area contributed by atoms with Crippen molar-refractivity contribution in [1.29, 1.82) is 0 Å². The molecule has 0 aromatic heterocycles. The van der Waals surface area contributed by atoms with E-state index in [1.54, 1.807) is 24.3 Å². The molecule has 1 aliphatic carbocycles. The molecule has 2 aromatic rings. The molecular weight excluding hydrogens is 283 g/mol. The molecule has 114 valence electrons. The number of nitrogens with zero attached hydrogens (tertiary/aromatic N) is 2. The second kappa shape index (κ2) is 6.23. The molecule has 5 heteroatoms. The van der Waals surface area contributed by atoms with Gasteiger partial charge in [0.15, 0.2) is 0 Å². The van der Waals surface area contributed by atoms with Crippen molar-refractivity contribution in [3.63, 3.8) is 0 Å². The molecule has 1 saturated carbocycles. The number of non-ortho nitro benzene ring substituents is 1. The normalized spacial score (nSPS) is 14.3. The van der Waals surface area contributed by atoms with Crippen LogP contribution in [0.5, 0.6) is 0 Å². The Kier molecular flexibility index (Phi) is 4.15. The monoisotopic (exact) mass is 300 g/mol. The fraction of sp³-hybridized carbons (Fsp3) is 0.294. The Morgan fingerprint density at radius 1 is 1.00 bits per heavy atom. The Balaban J connectivity index is 1.69. The van der Waals surface area contributed by atoms with Crippen LogP contribution in [0.1, 0.15) is 24.0 Å². The summed E-state index contributed by atoms with van der Waals surface area (Å²) in [6.45, 7) is 1.52. The van der Waals surface area contributed by atoms with Gasteiger partial charge in [-0.05, 0) is 36.1 Å². The highest BCUT2D eigenvalue weighted by molar-refractivity contribution is 5.33. The summed E-state index contributed by atoms with van der Waals surface area (Å²) in [6, 6.07) is 13.8. The lowest BCUT2D eigenvalue weighted by atomic mass is 10.1. The van der Waals surface area contributed by atoms with Crippen LogP contribution in [0.4, 0.5) is 10.1 Å². The van der Waals surface area contributed by atoms with Crippen molar-refractivity contribution < 1.29 is 9.31 Å². The van der Waals surface area contributed by atoms with E-state index >= 15 is 0 Å². The molecule has 0 saturated heterocycles. The highest BCUT2D eigenvalue weighted by Gasteiger charge is 2.29. The van der Waals surface area contributed by atoms with E-state index in [-0.39, 0.29) is 16.4 Å². The zero-order chi connectivity index (χ0) is 15.5. The highest BCUT2D eigenvalue weighted by atomic mass is 19.1. The van der Waals surface area contributed by atoms with Crippen LogP contribution in [-0.2, 0) is 13.1 Å². The molecule has 0 radical (unpaired) electrons. The minimum Gasteiger partial charge on any atom is -0.292 e. The van der Waals surface area contributed by atoms with E-state index < -0.39 is 0 Å². The molecule has 22 heavy (non-hydrogen) atoms. The molecule has 0 atom stereocenters. The third-order valence-electron chi connectivity index (χ3n) is 3.90. The Hall–Kier alpha value is -2.27. The largest absolute Gasteiger partial charge is 0.292 e. The summed E-state index contributed by atoms with van der Waals surface area (Å²) < 4.78 is 13.0. The highest BCUT2D eigenvalue weighted by Crippen LogP contribution is 2.30. The number of nitro benzene ring substituents is 1. The second-order valence-electron chi connectivity index (χ2n) is 5.69. The van der Waals surface area contributed by atoms with Crippen LogP contribution in [-0.4, -0.2) is 15.9 Å². The first-order valence-electron chi connectivity index (χ1n) is 7.33. The summed E-state index contributed by atoms with van der Waals surface area (Å²) in [5, 5.41) is 10.7. The first kappa shape index (κ1) is 14.7. The van der Waals surface area contributed by atoms with Crippen LogP contribution in [0.2, 0.25) is 0 Å². The maximum absolute atomic E-state index is 13.0. The third-order valence-corrected chi connectivity index (χ3v) is 3.90. The summed E-state index contributed by atoms with van der Waals surface area (Å²) in [6.07, 6.45) is 2.35. The van der Waals surface area contributed by atoms with Crippen LogP contribution in [0.15, 0.2) is 48.5 Å². The van der Waals surface area contributed by atoms with Gasteiger partial charge in [-0.2, -0.15) is 0 Å². The predicted molar refractivity (Wildman–Crippen MR) is 81.8 cm³/mol. The van der Waals surface area contributed by atoms with Crippen LogP contribution < -0.4 is 0 Å². The van der Waals surface area contributed by atoms with Gasteiger partial charge in [0.1, 0.15) is 5.82 Å². The van der Waals surface area contributed by atoms with Crippen molar-refractivity contribution in [3.05, 3.63) is 75.6 Å².